The molecule has 2 N–H and O–H groups in total. The smallest absolute Gasteiger partial charge is 0.153 e. The van der Waals surface area contributed by atoms with E-state index in [0.29, 0.717) is 11.5 Å². The first-order valence-electron chi connectivity index (χ1n) is 7.27. The van der Waals surface area contributed by atoms with Crippen molar-refractivity contribution in [1.29, 1.82) is 0 Å². The monoisotopic (exact) mass is 306 g/mol. The average molecular weight is 306 g/mol. The minimum absolute atomic E-state index is 0.526. The second-order valence-electron chi connectivity index (χ2n) is 5.10. The van der Waals surface area contributed by atoms with Gasteiger partial charge in [0.2, 0.25) is 0 Å². The van der Waals surface area contributed by atoms with Gasteiger partial charge in [0.15, 0.2) is 5.82 Å². The highest BCUT2D eigenvalue weighted by atomic mass is 16.5. The Morgan fingerprint density at radius 2 is 1.78 bits per heavy atom. The summed E-state index contributed by atoms with van der Waals surface area (Å²) in [5, 5.41) is 4.48. The number of ether oxygens (including phenoxy) is 1. The molecule has 5 heteroatoms. The zero-order valence-electron chi connectivity index (χ0n) is 13.1. The molecule has 0 aliphatic carbocycles. The molecule has 0 radical (unpaired) electrons. The Labute approximate surface area is 135 Å². The van der Waals surface area contributed by atoms with Crippen LogP contribution in [0.2, 0.25) is 0 Å². The molecule has 0 saturated heterocycles. The fraction of sp³-hybridized carbons (Fsp3) is 0.111. The number of aryl methyl sites for hydroxylation is 1. The molecule has 0 unspecified atom stereocenters. The summed E-state index contributed by atoms with van der Waals surface area (Å²) in [6.45, 7) is 1.90. The van der Waals surface area contributed by atoms with Crippen molar-refractivity contribution < 1.29 is 4.74 Å². The number of para-hydroxylation sites is 1. The van der Waals surface area contributed by atoms with Gasteiger partial charge in [0.25, 0.3) is 0 Å². The van der Waals surface area contributed by atoms with Crippen LogP contribution in [0.1, 0.15) is 11.3 Å². The molecule has 0 aliphatic heterocycles. The number of nitrogens with two attached hydrogens (primary N) is 1. The number of nitrogens with zero attached hydrogens (tertiary/aromatic N) is 3. The van der Waals surface area contributed by atoms with E-state index in [0.717, 1.165) is 22.7 Å². The van der Waals surface area contributed by atoms with Gasteiger partial charge in [-0.15, -0.1) is 0 Å². The van der Waals surface area contributed by atoms with Crippen molar-refractivity contribution in [3.05, 3.63) is 65.9 Å². The van der Waals surface area contributed by atoms with Gasteiger partial charge in [-0.3, -0.25) is 4.99 Å². The third kappa shape index (κ3) is 3.08. The summed E-state index contributed by atoms with van der Waals surface area (Å²) < 4.78 is 6.85. The van der Waals surface area contributed by atoms with Crippen molar-refractivity contribution in [3.63, 3.8) is 0 Å². The zero-order valence-corrected chi connectivity index (χ0v) is 13.1. The summed E-state index contributed by atoms with van der Waals surface area (Å²) in [7, 11) is 1.64. The third-order valence-electron chi connectivity index (χ3n) is 3.52. The van der Waals surface area contributed by atoms with Gasteiger partial charge >= 0.3 is 0 Å². The van der Waals surface area contributed by atoms with Crippen LogP contribution in [0.25, 0.3) is 5.69 Å². The summed E-state index contributed by atoms with van der Waals surface area (Å²) in [5.41, 5.74) is 9.57. The van der Waals surface area contributed by atoms with Gasteiger partial charge < -0.3 is 10.5 Å². The van der Waals surface area contributed by atoms with Crippen LogP contribution in [0.3, 0.4) is 0 Å². The number of benzene rings is 2. The molecular formula is C18H18N4O. The number of methoxy groups -OCH3 is 1. The molecule has 0 bridgehead atoms. The average Bonchev–Trinajstić information content (AvgIpc) is 2.88. The highest BCUT2D eigenvalue weighted by Gasteiger charge is 2.12. The van der Waals surface area contributed by atoms with Crippen LogP contribution in [0.4, 0.5) is 11.5 Å². The number of anilines is 1. The number of aromatic nitrogens is 2. The van der Waals surface area contributed by atoms with Crippen LogP contribution < -0.4 is 10.5 Å². The minimum atomic E-state index is 0.526. The summed E-state index contributed by atoms with van der Waals surface area (Å²) in [6.07, 6.45) is 1.77. The van der Waals surface area contributed by atoms with Gasteiger partial charge in [-0.25, -0.2) is 4.68 Å². The lowest BCUT2D eigenvalue weighted by Crippen LogP contribution is -2.01. The number of hydrogen-bond acceptors (Lipinski definition) is 4. The summed E-state index contributed by atoms with van der Waals surface area (Å²) in [6, 6.07) is 17.4. The van der Waals surface area contributed by atoms with E-state index in [9.17, 15) is 0 Å². The van der Waals surface area contributed by atoms with Crippen molar-refractivity contribution in [1.82, 2.24) is 9.78 Å². The van der Waals surface area contributed by atoms with Gasteiger partial charge in [-0.1, -0.05) is 18.2 Å². The predicted molar refractivity (Wildman–Crippen MR) is 93.0 cm³/mol. The summed E-state index contributed by atoms with van der Waals surface area (Å²) in [5.74, 6) is 1.34. The highest BCUT2D eigenvalue weighted by Crippen LogP contribution is 2.28. The van der Waals surface area contributed by atoms with E-state index < -0.39 is 0 Å². The third-order valence-corrected chi connectivity index (χ3v) is 3.52. The Morgan fingerprint density at radius 1 is 1.09 bits per heavy atom. The fourth-order valence-corrected chi connectivity index (χ4v) is 2.29. The molecule has 5 nitrogen and oxygen atoms in total. The van der Waals surface area contributed by atoms with Crippen molar-refractivity contribution >= 4 is 17.7 Å². The van der Waals surface area contributed by atoms with Gasteiger partial charge in [-0.05, 0) is 48.9 Å². The largest absolute Gasteiger partial charge is 0.497 e. The van der Waals surface area contributed by atoms with E-state index in [4.69, 9.17) is 10.5 Å². The Morgan fingerprint density at radius 3 is 2.43 bits per heavy atom. The molecule has 0 aliphatic rings. The Kier molecular flexibility index (Phi) is 4.10. The molecular weight excluding hydrogens is 288 g/mol. The van der Waals surface area contributed by atoms with Gasteiger partial charge in [-0.2, -0.15) is 5.10 Å². The molecule has 0 atom stereocenters. The molecule has 2 aromatic carbocycles. The van der Waals surface area contributed by atoms with Gasteiger partial charge in [0.05, 0.1) is 18.5 Å². The normalized spacial score (nSPS) is 11.0. The summed E-state index contributed by atoms with van der Waals surface area (Å²) in [4.78, 5) is 4.50. The molecule has 1 heterocycles. The van der Waals surface area contributed by atoms with Crippen LogP contribution in [0, 0.1) is 6.92 Å². The molecule has 116 valence electrons. The standard InChI is InChI=1S/C18H18N4O/c1-13-17(20-12-14-8-10-16(23-2)11-9-14)18(19)22(21-13)15-6-4-3-5-7-15/h3-12H,19H2,1-2H3/b20-12+. The quantitative estimate of drug-likeness (QED) is 0.750. The van der Waals surface area contributed by atoms with Crippen LogP contribution in [-0.2, 0) is 0 Å². The van der Waals surface area contributed by atoms with Crippen LogP contribution in [0.15, 0.2) is 59.6 Å². The zero-order chi connectivity index (χ0) is 16.2. The van der Waals surface area contributed by atoms with Crippen molar-refractivity contribution in [2.45, 2.75) is 6.92 Å². The molecule has 1 aromatic heterocycles. The molecule has 3 rings (SSSR count). The van der Waals surface area contributed by atoms with Crippen LogP contribution >= 0.6 is 0 Å². The van der Waals surface area contributed by atoms with Crippen molar-refractivity contribution in [2.75, 3.05) is 12.8 Å². The molecule has 23 heavy (non-hydrogen) atoms. The summed E-state index contributed by atoms with van der Waals surface area (Å²) >= 11 is 0. The molecule has 0 fully saturated rings. The minimum Gasteiger partial charge on any atom is -0.497 e. The first kappa shape index (κ1) is 14.8. The number of aliphatic imine (C=N–C) groups is 1. The molecule has 0 spiro atoms. The van der Waals surface area contributed by atoms with E-state index in [-0.39, 0.29) is 0 Å². The van der Waals surface area contributed by atoms with Crippen LogP contribution in [-0.4, -0.2) is 23.1 Å². The van der Waals surface area contributed by atoms with E-state index in [1.165, 1.54) is 0 Å². The molecule has 0 saturated carbocycles. The second-order valence-corrected chi connectivity index (χ2v) is 5.10. The first-order valence-corrected chi connectivity index (χ1v) is 7.27. The lowest BCUT2D eigenvalue weighted by molar-refractivity contribution is 0.415. The van der Waals surface area contributed by atoms with E-state index in [1.807, 2.05) is 61.5 Å². The first-order chi connectivity index (χ1) is 11.2. The van der Waals surface area contributed by atoms with E-state index in [2.05, 4.69) is 10.1 Å². The molecule has 3 aromatic rings. The van der Waals surface area contributed by atoms with E-state index >= 15 is 0 Å². The fourth-order valence-electron chi connectivity index (χ4n) is 2.29. The predicted octanol–water partition coefficient (Wildman–Crippen LogP) is 3.52. The number of hydrogen-bond donors (Lipinski definition) is 1. The van der Waals surface area contributed by atoms with Crippen molar-refractivity contribution in [2.24, 2.45) is 4.99 Å². The lowest BCUT2D eigenvalue weighted by atomic mass is 10.2. The Bertz CT molecular complexity index is 820. The molecule has 0 amide bonds. The maximum Gasteiger partial charge on any atom is 0.153 e. The van der Waals surface area contributed by atoms with Gasteiger partial charge in [0.1, 0.15) is 11.4 Å². The second kappa shape index (κ2) is 6.36. The topological polar surface area (TPSA) is 65.4 Å². The maximum atomic E-state index is 6.21. The lowest BCUT2D eigenvalue weighted by Gasteiger charge is -2.03. The highest BCUT2D eigenvalue weighted by molar-refractivity contribution is 5.84. The van der Waals surface area contributed by atoms with Crippen LogP contribution in [0.5, 0.6) is 5.75 Å². The maximum absolute atomic E-state index is 6.21. The number of nitrogen functional groups attached to an aromatic ring is 1. The Balaban J connectivity index is 1.91. The SMILES string of the molecule is COc1ccc(/C=N/c2c(C)nn(-c3ccccc3)c2N)cc1. The Hall–Kier alpha value is -3.08. The van der Waals surface area contributed by atoms with Gasteiger partial charge in [0, 0.05) is 6.21 Å². The van der Waals surface area contributed by atoms with E-state index in [1.54, 1.807) is 18.0 Å². The van der Waals surface area contributed by atoms with Crippen molar-refractivity contribution in [3.8, 4) is 11.4 Å². The number of rotatable bonds is 4.